The zero-order valence-corrected chi connectivity index (χ0v) is 20.2. The Morgan fingerprint density at radius 3 is 2.52 bits per heavy atom. The van der Waals surface area contributed by atoms with Gasteiger partial charge in [0.05, 0.1) is 17.9 Å². The number of hydrogen-bond acceptors (Lipinski definition) is 6. The minimum absolute atomic E-state index is 0.288. The van der Waals surface area contributed by atoms with Gasteiger partial charge in [-0.05, 0) is 54.7 Å². The number of piperidine rings is 1. The summed E-state index contributed by atoms with van der Waals surface area (Å²) >= 11 is 7.81. The van der Waals surface area contributed by atoms with Crippen LogP contribution in [0.5, 0.6) is 11.5 Å². The second-order valence-electron chi connectivity index (χ2n) is 8.58. The molecule has 1 aromatic heterocycles. The number of rotatable bonds is 8. The number of nitrogens with zero attached hydrogens (tertiary/aromatic N) is 3. The molecule has 1 fully saturated rings. The third-order valence-electron chi connectivity index (χ3n) is 6.11. The van der Waals surface area contributed by atoms with E-state index in [1.54, 1.807) is 11.3 Å². The molecule has 0 spiro atoms. The van der Waals surface area contributed by atoms with Crippen LogP contribution < -0.4 is 9.47 Å². The number of ether oxygens (including phenoxy) is 2. The lowest BCUT2D eigenvalue weighted by molar-refractivity contribution is 0.174. The molecular formula is C26H28ClN3O2S. The van der Waals surface area contributed by atoms with Crippen molar-refractivity contribution >= 4 is 28.6 Å². The first-order chi connectivity index (χ1) is 16.1. The average Bonchev–Trinajstić information content (AvgIpc) is 3.50. The number of aromatic nitrogens is 1. The number of hydrogen-bond donors (Lipinski definition) is 0. The van der Waals surface area contributed by atoms with Crippen molar-refractivity contribution in [2.45, 2.75) is 38.9 Å². The van der Waals surface area contributed by atoms with Crippen LogP contribution in [0.1, 0.15) is 41.1 Å². The average molecular weight is 482 g/mol. The Balaban J connectivity index is 1.32. The van der Waals surface area contributed by atoms with Gasteiger partial charge in [0.15, 0.2) is 11.5 Å². The van der Waals surface area contributed by atoms with Crippen LogP contribution in [0.4, 0.5) is 0 Å². The van der Waals surface area contributed by atoms with Gasteiger partial charge in [-0.3, -0.25) is 4.90 Å². The molecule has 172 valence electrons. The SMILES string of the molecule is C=C(c1csc(CN(Cc2ccc(Cl)cc2)Cc2ccc3c(c2)OCO3)n1)N1CCCCC1. The Kier molecular flexibility index (Phi) is 6.85. The first kappa shape index (κ1) is 22.3. The maximum absolute atomic E-state index is 6.10. The molecule has 1 saturated heterocycles. The van der Waals surface area contributed by atoms with Gasteiger partial charge < -0.3 is 14.4 Å². The van der Waals surface area contributed by atoms with Crippen molar-refractivity contribution in [2.24, 2.45) is 0 Å². The van der Waals surface area contributed by atoms with Crippen LogP contribution in [0.25, 0.3) is 5.70 Å². The predicted molar refractivity (Wildman–Crippen MR) is 134 cm³/mol. The summed E-state index contributed by atoms with van der Waals surface area (Å²) in [5, 5.41) is 3.99. The first-order valence-electron chi connectivity index (χ1n) is 11.4. The highest BCUT2D eigenvalue weighted by atomic mass is 35.5. The van der Waals surface area contributed by atoms with Crippen molar-refractivity contribution in [3.05, 3.63) is 81.3 Å². The molecular weight excluding hydrogens is 454 g/mol. The molecule has 2 aromatic carbocycles. The predicted octanol–water partition coefficient (Wildman–Crippen LogP) is 6.18. The van der Waals surface area contributed by atoms with Crippen molar-refractivity contribution in [3.63, 3.8) is 0 Å². The zero-order valence-electron chi connectivity index (χ0n) is 18.6. The lowest BCUT2D eigenvalue weighted by Crippen LogP contribution is -2.28. The lowest BCUT2D eigenvalue weighted by atomic mass is 10.1. The van der Waals surface area contributed by atoms with E-state index < -0.39 is 0 Å². The molecule has 0 amide bonds. The molecule has 5 rings (SSSR count). The van der Waals surface area contributed by atoms with Crippen molar-refractivity contribution in [1.82, 2.24) is 14.8 Å². The van der Waals surface area contributed by atoms with Gasteiger partial charge >= 0.3 is 0 Å². The van der Waals surface area contributed by atoms with Crippen molar-refractivity contribution in [2.75, 3.05) is 19.9 Å². The fourth-order valence-corrected chi connectivity index (χ4v) is 5.32. The first-order valence-corrected chi connectivity index (χ1v) is 12.6. The van der Waals surface area contributed by atoms with Crippen LogP contribution in [0.15, 0.2) is 54.4 Å². The summed E-state index contributed by atoms with van der Waals surface area (Å²) in [6.07, 6.45) is 3.78. The molecule has 3 aromatic rings. The van der Waals surface area contributed by atoms with Crippen molar-refractivity contribution < 1.29 is 9.47 Å². The summed E-state index contributed by atoms with van der Waals surface area (Å²) in [7, 11) is 0. The Morgan fingerprint density at radius 1 is 0.970 bits per heavy atom. The number of benzene rings is 2. The van der Waals surface area contributed by atoms with Gasteiger partial charge in [-0.15, -0.1) is 11.3 Å². The van der Waals surface area contributed by atoms with Crippen molar-refractivity contribution in [3.8, 4) is 11.5 Å². The maximum atomic E-state index is 6.10. The van der Waals surface area contributed by atoms with E-state index in [1.807, 2.05) is 18.2 Å². The normalized spacial score (nSPS) is 15.3. The molecule has 0 aliphatic carbocycles. The molecule has 2 aliphatic heterocycles. The van der Waals surface area contributed by atoms with Crippen LogP contribution in [0, 0.1) is 0 Å². The van der Waals surface area contributed by atoms with Crippen LogP contribution in [0.3, 0.4) is 0 Å². The molecule has 7 heteroatoms. The van der Waals surface area contributed by atoms with Gasteiger partial charge in [0.1, 0.15) is 5.01 Å². The van der Waals surface area contributed by atoms with E-state index in [2.05, 4.69) is 46.0 Å². The fraction of sp³-hybridized carbons (Fsp3) is 0.346. The van der Waals surface area contributed by atoms with Crippen LogP contribution in [-0.4, -0.2) is 34.7 Å². The topological polar surface area (TPSA) is 37.8 Å². The quantitative estimate of drug-likeness (QED) is 0.384. The zero-order chi connectivity index (χ0) is 22.6. The molecule has 2 aliphatic rings. The molecule has 0 radical (unpaired) electrons. The second kappa shape index (κ2) is 10.2. The van der Waals surface area contributed by atoms with Gasteiger partial charge in [-0.25, -0.2) is 4.98 Å². The maximum Gasteiger partial charge on any atom is 0.231 e. The molecule has 33 heavy (non-hydrogen) atoms. The molecule has 3 heterocycles. The fourth-order valence-electron chi connectivity index (χ4n) is 4.35. The van der Waals surface area contributed by atoms with Gasteiger partial charge in [-0.2, -0.15) is 0 Å². The number of halogens is 1. The summed E-state index contributed by atoms with van der Waals surface area (Å²) in [6.45, 7) is 9.12. The van der Waals surface area contributed by atoms with E-state index in [1.165, 1.54) is 30.4 Å². The molecule has 0 saturated carbocycles. The minimum atomic E-state index is 0.288. The lowest BCUT2D eigenvalue weighted by Gasteiger charge is -2.29. The molecule has 0 bridgehead atoms. The number of likely N-dealkylation sites (tertiary alicyclic amines) is 1. The van der Waals surface area contributed by atoms with Crippen LogP contribution in [-0.2, 0) is 19.6 Å². The van der Waals surface area contributed by atoms with Gasteiger partial charge in [-0.1, -0.05) is 36.4 Å². The standard InChI is InChI=1S/C26H28ClN3O2S/c1-19(30-11-3-2-4-12-30)23-17-33-26(28-23)16-29(14-20-5-8-22(27)9-6-20)15-21-7-10-24-25(13-21)32-18-31-24/h5-10,13,17H,1-4,11-12,14-16,18H2. The summed E-state index contributed by atoms with van der Waals surface area (Å²) in [5.41, 5.74) is 4.46. The largest absolute Gasteiger partial charge is 0.454 e. The van der Waals surface area contributed by atoms with Gasteiger partial charge in [0, 0.05) is 36.6 Å². The third kappa shape index (κ3) is 5.52. The van der Waals surface area contributed by atoms with E-state index in [0.717, 1.165) is 65.6 Å². The minimum Gasteiger partial charge on any atom is -0.454 e. The smallest absolute Gasteiger partial charge is 0.231 e. The van der Waals surface area contributed by atoms with Crippen LogP contribution in [0.2, 0.25) is 5.02 Å². The summed E-state index contributed by atoms with van der Waals surface area (Å²) in [6, 6.07) is 14.2. The molecule has 5 nitrogen and oxygen atoms in total. The summed E-state index contributed by atoms with van der Waals surface area (Å²) in [4.78, 5) is 9.72. The molecule has 0 N–H and O–H groups in total. The van der Waals surface area contributed by atoms with E-state index >= 15 is 0 Å². The Hall–Kier alpha value is -2.54. The molecule has 0 unspecified atom stereocenters. The van der Waals surface area contributed by atoms with Crippen molar-refractivity contribution in [1.29, 1.82) is 0 Å². The van der Waals surface area contributed by atoms with E-state index in [0.29, 0.717) is 0 Å². The summed E-state index contributed by atoms with van der Waals surface area (Å²) in [5.74, 6) is 1.62. The van der Waals surface area contributed by atoms with Crippen LogP contribution >= 0.6 is 22.9 Å². The van der Waals surface area contributed by atoms with E-state index in [4.69, 9.17) is 26.1 Å². The highest BCUT2D eigenvalue weighted by Gasteiger charge is 2.18. The summed E-state index contributed by atoms with van der Waals surface area (Å²) < 4.78 is 11.0. The van der Waals surface area contributed by atoms with E-state index in [9.17, 15) is 0 Å². The van der Waals surface area contributed by atoms with Gasteiger partial charge in [0.2, 0.25) is 6.79 Å². The third-order valence-corrected chi connectivity index (χ3v) is 7.19. The highest BCUT2D eigenvalue weighted by molar-refractivity contribution is 7.09. The number of fused-ring (bicyclic) bond motifs is 1. The monoisotopic (exact) mass is 481 g/mol. The Bertz CT molecular complexity index is 1110. The Labute approximate surface area is 204 Å². The van der Waals surface area contributed by atoms with E-state index in [-0.39, 0.29) is 6.79 Å². The number of thiazole rings is 1. The Morgan fingerprint density at radius 2 is 1.70 bits per heavy atom. The second-order valence-corrected chi connectivity index (χ2v) is 9.96. The van der Waals surface area contributed by atoms with Gasteiger partial charge in [0.25, 0.3) is 0 Å². The highest BCUT2D eigenvalue weighted by Crippen LogP contribution is 2.33. The molecule has 0 atom stereocenters.